The highest BCUT2D eigenvalue weighted by molar-refractivity contribution is 6.10. The van der Waals surface area contributed by atoms with Crippen molar-refractivity contribution < 1.29 is 19.8 Å². The number of hydrogen-bond acceptors (Lipinski definition) is 6. The molecule has 9 heteroatoms. The Kier molecular flexibility index (Phi) is 4.32. The van der Waals surface area contributed by atoms with Crippen molar-refractivity contribution in [1.29, 1.82) is 5.26 Å². The van der Waals surface area contributed by atoms with E-state index in [1.165, 1.54) is 12.1 Å². The molecule has 0 aliphatic heterocycles. The molecular formula is C17H11N5O4. The second-order valence-corrected chi connectivity index (χ2v) is 5.20. The fourth-order valence-electron chi connectivity index (χ4n) is 2.26. The quantitative estimate of drug-likeness (QED) is 0.407. The molecule has 0 unspecified atom stereocenters. The molecule has 3 rings (SSSR count). The molecule has 0 bridgehead atoms. The zero-order valence-corrected chi connectivity index (χ0v) is 13.1. The van der Waals surface area contributed by atoms with Gasteiger partial charge in [0.25, 0.3) is 0 Å². The molecule has 0 saturated heterocycles. The first-order chi connectivity index (χ1) is 12.5. The van der Waals surface area contributed by atoms with Crippen LogP contribution in [-0.2, 0) is 0 Å². The normalized spacial score (nSPS) is 11.1. The lowest BCUT2D eigenvalue weighted by Gasteiger charge is -2.05. The van der Waals surface area contributed by atoms with Crippen LogP contribution in [0.5, 0.6) is 0 Å². The van der Waals surface area contributed by atoms with E-state index in [9.17, 15) is 14.9 Å². The summed E-state index contributed by atoms with van der Waals surface area (Å²) in [6, 6.07) is 12.5. The van der Waals surface area contributed by atoms with Crippen LogP contribution in [0.3, 0.4) is 0 Å². The van der Waals surface area contributed by atoms with Gasteiger partial charge in [0, 0.05) is 0 Å². The van der Waals surface area contributed by atoms with Crippen molar-refractivity contribution in [1.82, 2.24) is 9.97 Å². The summed E-state index contributed by atoms with van der Waals surface area (Å²) in [5.74, 6) is -2.33. The van der Waals surface area contributed by atoms with Crippen molar-refractivity contribution >= 4 is 34.4 Å². The van der Waals surface area contributed by atoms with Gasteiger partial charge in [0.15, 0.2) is 5.82 Å². The number of carbonyl (C=O) groups is 2. The van der Waals surface area contributed by atoms with Gasteiger partial charge in [0.1, 0.15) is 6.07 Å². The van der Waals surface area contributed by atoms with E-state index in [1.807, 2.05) is 12.1 Å². The van der Waals surface area contributed by atoms with E-state index in [-0.39, 0.29) is 28.4 Å². The number of hydrazone groups is 1. The van der Waals surface area contributed by atoms with Gasteiger partial charge in [-0.2, -0.15) is 10.4 Å². The largest absolute Gasteiger partial charge is 0.478 e. The Labute approximate surface area is 146 Å². The van der Waals surface area contributed by atoms with Crippen LogP contribution in [0, 0.1) is 11.3 Å². The number of aromatic nitrogens is 2. The van der Waals surface area contributed by atoms with Gasteiger partial charge >= 0.3 is 11.9 Å². The second kappa shape index (κ2) is 6.74. The van der Waals surface area contributed by atoms with E-state index in [0.29, 0.717) is 5.52 Å². The second-order valence-electron chi connectivity index (χ2n) is 5.20. The van der Waals surface area contributed by atoms with E-state index < -0.39 is 11.9 Å². The number of aromatic amines is 1. The molecule has 0 spiro atoms. The molecular weight excluding hydrogens is 338 g/mol. The molecule has 128 valence electrons. The number of H-pyrrole nitrogens is 1. The van der Waals surface area contributed by atoms with Crippen LogP contribution in [0.15, 0.2) is 47.6 Å². The Hall–Kier alpha value is -4.19. The third-order valence-corrected chi connectivity index (χ3v) is 3.44. The molecule has 4 N–H and O–H groups in total. The summed E-state index contributed by atoms with van der Waals surface area (Å²) in [7, 11) is 0. The topological polar surface area (TPSA) is 151 Å². The van der Waals surface area contributed by atoms with Crippen LogP contribution in [-0.4, -0.2) is 37.8 Å². The number of anilines is 1. The third kappa shape index (κ3) is 3.34. The maximum atomic E-state index is 11.1. The monoisotopic (exact) mass is 349 g/mol. The van der Waals surface area contributed by atoms with E-state index in [1.54, 1.807) is 18.2 Å². The molecule has 1 heterocycles. The molecule has 0 radical (unpaired) electrons. The molecule has 0 aliphatic carbocycles. The molecule has 0 atom stereocenters. The van der Waals surface area contributed by atoms with E-state index >= 15 is 0 Å². The number of hydrogen-bond donors (Lipinski definition) is 4. The summed E-state index contributed by atoms with van der Waals surface area (Å²) in [6.07, 6.45) is 0. The summed E-state index contributed by atoms with van der Waals surface area (Å²) in [6.45, 7) is 0. The molecule has 0 fully saturated rings. The first kappa shape index (κ1) is 16.7. The number of carboxylic acid groups (broad SMARTS) is 2. The number of nitrogens with one attached hydrogen (secondary N) is 2. The smallest absolute Gasteiger partial charge is 0.335 e. The Morgan fingerprint density at radius 3 is 2.35 bits per heavy atom. The zero-order valence-electron chi connectivity index (χ0n) is 13.1. The third-order valence-electron chi connectivity index (χ3n) is 3.44. The minimum absolute atomic E-state index is 0.0706. The zero-order chi connectivity index (χ0) is 18.7. The number of para-hydroxylation sites is 2. The highest BCUT2D eigenvalue weighted by Gasteiger charge is 2.13. The Morgan fingerprint density at radius 1 is 1.12 bits per heavy atom. The van der Waals surface area contributed by atoms with Gasteiger partial charge in [-0.15, -0.1) is 0 Å². The van der Waals surface area contributed by atoms with Crippen molar-refractivity contribution in [3.63, 3.8) is 0 Å². The van der Waals surface area contributed by atoms with Crippen molar-refractivity contribution in [3.05, 3.63) is 59.4 Å². The van der Waals surface area contributed by atoms with Crippen LogP contribution in [0.25, 0.3) is 11.0 Å². The maximum absolute atomic E-state index is 11.1. The number of imidazole rings is 1. The lowest BCUT2D eigenvalue weighted by atomic mass is 10.1. The van der Waals surface area contributed by atoms with Crippen molar-refractivity contribution in [3.8, 4) is 6.07 Å². The van der Waals surface area contributed by atoms with Gasteiger partial charge in [-0.25, -0.2) is 14.6 Å². The van der Waals surface area contributed by atoms with E-state index in [0.717, 1.165) is 11.6 Å². The fraction of sp³-hybridized carbons (Fsp3) is 0. The number of carboxylic acids is 2. The minimum atomic E-state index is -1.28. The lowest BCUT2D eigenvalue weighted by molar-refractivity contribution is 0.0696. The summed E-state index contributed by atoms with van der Waals surface area (Å²) >= 11 is 0. The Morgan fingerprint density at radius 2 is 1.77 bits per heavy atom. The highest BCUT2D eigenvalue weighted by Crippen LogP contribution is 2.16. The summed E-state index contributed by atoms with van der Waals surface area (Å²) < 4.78 is 0. The molecule has 0 saturated carbocycles. The Bertz CT molecular complexity index is 1030. The summed E-state index contributed by atoms with van der Waals surface area (Å²) in [5, 5.41) is 31.4. The number of nitrogens with zero attached hydrogens (tertiary/aromatic N) is 3. The lowest BCUT2D eigenvalue weighted by Crippen LogP contribution is -2.06. The average Bonchev–Trinajstić information content (AvgIpc) is 3.05. The molecule has 0 amide bonds. The predicted octanol–water partition coefficient (Wildman–Crippen LogP) is 2.30. The van der Waals surface area contributed by atoms with Gasteiger partial charge in [-0.05, 0) is 30.3 Å². The number of fused-ring (bicyclic) bond motifs is 1. The van der Waals surface area contributed by atoms with Gasteiger partial charge in [-0.3, -0.25) is 5.43 Å². The highest BCUT2D eigenvalue weighted by atomic mass is 16.4. The number of aromatic carboxylic acids is 2. The molecule has 26 heavy (non-hydrogen) atoms. The van der Waals surface area contributed by atoms with Crippen LogP contribution in [0.1, 0.15) is 26.5 Å². The van der Waals surface area contributed by atoms with Crippen LogP contribution >= 0.6 is 0 Å². The Balaban J connectivity index is 1.95. The van der Waals surface area contributed by atoms with Crippen LogP contribution < -0.4 is 5.43 Å². The number of nitriles is 1. The van der Waals surface area contributed by atoms with Crippen molar-refractivity contribution in [2.75, 3.05) is 5.43 Å². The first-order valence-electron chi connectivity index (χ1n) is 7.28. The van der Waals surface area contributed by atoms with Crippen molar-refractivity contribution in [2.24, 2.45) is 5.10 Å². The van der Waals surface area contributed by atoms with Gasteiger partial charge < -0.3 is 15.2 Å². The minimum Gasteiger partial charge on any atom is -0.478 e. The van der Waals surface area contributed by atoms with Crippen molar-refractivity contribution in [2.45, 2.75) is 0 Å². The molecule has 9 nitrogen and oxygen atoms in total. The number of rotatable bonds is 5. The molecule has 3 aromatic rings. The fourth-order valence-corrected chi connectivity index (χ4v) is 2.26. The average molecular weight is 349 g/mol. The van der Waals surface area contributed by atoms with Crippen LogP contribution in [0.4, 0.5) is 5.69 Å². The van der Waals surface area contributed by atoms with E-state index in [2.05, 4.69) is 20.5 Å². The predicted molar refractivity (Wildman–Crippen MR) is 92.2 cm³/mol. The van der Waals surface area contributed by atoms with Gasteiger partial charge in [-0.1, -0.05) is 12.1 Å². The number of benzene rings is 2. The summed E-state index contributed by atoms with van der Waals surface area (Å²) in [4.78, 5) is 29.4. The molecule has 1 aromatic heterocycles. The standard InChI is InChI=1S/C17H11N5O4/c18-8-14(15-19-12-3-1-2-4-13(12)20-15)22-21-11-6-9(16(23)24)5-10(7-11)17(25)26/h1-7,21H,(H,19,20)(H,23,24)(H,25,26). The maximum Gasteiger partial charge on any atom is 0.335 e. The molecule has 0 aliphatic rings. The summed E-state index contributed by atoms with van der Waals surface area (Å²) in [5.41, 5.74) is 3.51. The SMILES string of the molecule is N#CC(=NNc1cc(C(=O)O)cc(C(=O)O)c1)c1nc2ccccc2[nH]1. The molecule has 2 aromatic carbocycles. The van der Waals surface area contributed by atoms with Gasteiger partial charge in [0.05, 0.1) is 27.8 Å². The first-order valence-corrected chi connectivity index (χ1v) is 7.28. The van der Waals surface area contributed by atoms with E-state index in [4.69, 9.17) is 10.2 Å². The van der Waals surface area contributed by atoms with Crippen LogP contribution in [0.2, 0.25) is 0 Å². The van der Waals surface area contributed by atoms with Gasteiger partial charge in [0.2, 0.25) is 5.71 Å².